The van der Waals surface area contributed by atoms with Crippen LogP contribution in [0.1, 0.15) is 37.0 Å². The maximum Gasteiger partial charge on any atom is 0.227 e. The molecule has 3 aliphatic rings. The Labute approximate surface area is 294 Å². The summed E-state index contributed by atoms with van der Waals surface area (Å²) in [7, 11) is 0. The van der Waals surface area contributed by atoms with Gasteiger partial charge in [0.1, 0.15) is 23.0 Å². The summed E-state index contributed by atoms with van der Waals surface area (Å²) in [5, 5.41) is 2.02. The SMILES string of the molecule is CC1(C)c2ccccc2-c2ccc(N(C3=CC=C4c5ccccc5OC4C3)c3cccc4c3oc3cc5nc(-c6ccccc6)oc5cc34)cc21. The zero-order chi connectivity index (χ0) is 33.8. The van der Waals surface area contributed by atoms with Crippen LogP contribution in [-0.2, 0) is 5.41 Å². The summed E-state index contributed by atoms with van der Waals surface area (Å²) in [6, 6.07) is 44.6. The topological polar surface area (TPSA) is 51.6 Å². The summed E-state index contributed by atoms with van der Waals surface area (Å²) in [5.41, 5.74) is 14.8. The Morgan fingerprint density at radius 1 is 0.667 bits per heavy atom. The molecule has 0 fully saturated rings. The number of ether oxygens (including phenoxy) is 1. The van der Waals surface area contributed by atoms with E-state index in [1.54, 1.807) is 0 Å². The van der Waals surface area contributed by atoms with Gasteiger partial charge in [0.2, 0.25) is 5.89 Å². The molecule has 3 heterocycles. The van der Waals surface area contributed by atoms with Crippen LogP contribution < -0.4 is 9.64 Å². The number of rotatable bonds is 4. The van der Waals surface area contributed by atoms with E-state index in [0.29, 0.717) is 5.89 Å². The Hall–Kier alpha value is -6.33. The van der Waals surface area contributed by atoms with Gasteiger partial charge in [0.05, 0.1) is 5.69 Å². The summed E-state index contributed by atoms with van der Waals surface area (Å²) in [4.78, 5) is 7.20. The van der Waals surface area contributed by atoms with Crippen molar-refractivity contribution in [3.63, 3.8) is 0 Å². The molecule has 0 saturated carbocycles. The van der Waals surface area contributed by atoms with Crippen LogP contribution in [0.4, 0.5) is 11.4 Å². The Morgan fingerprint density at radius 3 is 2.37 bits per heavy atom. The van der Waals surface area contributed by atoms with Crippen molar-refractivity contribution < 1.29 is 13.6 Å². The van der Waals surface area contributed by atoms with Crippen LogP contribution in [-0.4, -0.2) is 11.1 Å². The molecule has 0 amide bonds. The van der Waals surface area contributed by atoms with Gasteiger partial charge >= 0.3 is 0 Å². The molecule has 1 unspecified atom stereocenters. The first kappa shape index (κ1) is 28.5. The number of allylic oxidation sites excluding steroid dienone is 2. The van der Waals surface area contributed by atoms with Crippen LogP contribution >= 0.6 is 0 Å². The Kier molecular flexibility index (Phi) is 5.78. The van der Waals surface area contributed by atoms with Crippen molar-refractivity contribution >= 4 is 50.0 Å². The lowest BCUT2D eigenvalue weighted by atomic mass is 9.82. The first-order chi connectivity index (χ1) is 25.0. The molecule has 8 aromatic rings. The van der Waals surface area contributed by atoms with Crippen molar-refractivity contribution in [3.8, 4) is 28.3 Å². The van der Waals surface area contributed by atoms with Gasteiger partial charge in [-0.25, -0.2) is 4.98 Å². The zero-order valence-electron chi connectivity index (χ0n) is 28.2. The Bertz CT molecular complexity index is 2800. The average molecular weight is 661 g/mol. The van der Waals surface area contributed by atoms with Crippen molar-refractivity contribution in [3.05, 3.63) is 162 Å². The first-order valence-corrected chi connectivity index (χ1v) is 17.5. The minimum atomic E-state index is -0.136. The number of fused-ring (bicyclic) bond motifs is 10. The largest absolute Gasteiger partial charge is 0.485 e. The summed E-state index contributed by atoms with van der Waals surface area (Å²) < 4.78 is 19.7. The van der Waals surface area contributed by atoms with Gasteiger partial charge in [-0.2, -0.15) is 0 Å². The third-order valence-electron chi connectivity index (χ3n) is 11.0. The van der Waals surface area contributed by atoms with Crippen LogP contribution in [0.2, 0.25) is 0 Å². The van der Waals surface area contributed by atoms with Crippen LogP contribution in [0, 0.1) is 0 Å². The average Bonchev–Trinajstić information content (AvgIpc) is 3.91. The van der Waals surface area contributed by atoms with E-state index in [-0.39, 0.29) is 11.5 Å². The summed E-state index contributed by atoms with van der Waals surface area (Å²) in [6.45, 7) is 4.66. The van der Waals surface area contributed by atoms with Crippen molar-refractivity contribution in [1.29, 1.82) is 0 Å². The lowest BCUT2D eigenvalue weighted by Crippen LogP contribution is -2.25. The molecule has 2 aliphatic carbocycles. The van der Waals surface area contributed by atoms with Crippen molar-refractivity contribution in [2.45, 2.75) is 31.8 Å². The second kappa shape index (κ2) is 10.3. The number of nitrogens with zero attached hydrogens (tertiary/aromatic N) is 2. The smallest absolute Gasteiger partial charge is 0.227 e. The highest BCUT2D eigenvalue weighted by atomic mass is 16.5. The number of para-hydroxylation sites is 2. The van der Waals surface area contributed by atoms with Gasteiger partial charge in [0.15, 0.2) is 11.2 Å². The standard InChI is InChI=1S/C46H32N2O3/c1-46(2)36-16-8-6-13-30(36)31-21-19-28(23-37(31)46)48(29-20-22-33-32-14-7-9-18-40(32)49-41(33)24-29)39-17-10-15-34-35-25-43-38(26-42(35)50-44(34)39)47-45(51-43)27-11-4-3-5-12-27/h3-23,25-26,41H,24H2,1-2H3. The number of furan rings is 1. The minimum absolute atomic E-state index is 0.0632. The van der Waals surface area contributed by atoms with Crippen LogP contribution in [0.25, 0.3) is 61.2 Å². The first-order valence-electron chi connectivity index (χ1n) is 17.5. The maximum atomic E-state index is 6.82. The highest BCUT2D eigenvalue weighted by Gasteiger charge is 2.37. The van der Waals surface area contributed by atoms with Gasteiger partial charge in [-0.1, -0.05) is 98.8 Å². The van der Waals surface area contributed by atoms with Crippen molar-refractivity contribution in [2.24, 2.45) is 0 Å². The quantitative estimate of drug-likeness (QED) is 0.188. The molecule has 51 heavy (non-hydrogen) atoms. The van der Waals surface area contributed by atoms with E-state index < -0.39 is 0 Å². The third kappa shape index (κ3) is 4.12. The van der Waals surface area contributed by atoms with Crippen LogP contribution in [0.15, 0.2) is 154 Å². The highest BCUT2D eigenvalue weighted by Crippen LogP contribution is 2.52. The molecule has 0 bridgehead atoms. The third-order valence-corrected chi connectivity index (χ3v) is 11.0. The van der Waals surface area contributed by atoms with E-state index in [1.807, 2.05) is 42.5 Å². The van der Waals surface area contributed by atoms with Gasteiger partial charge in [0, 0.05) is 56.8 Å². The van der Waals surface area contributed by atoms with Gasteiger partial charge in [0.25, 0.3) is 0 Å². The van der Waals surface area contributed by atoms with Crippen LogP contribution in [0.5, 0.6) is 5.75 Å². The highest BCUT2D eigenvalue weighted by molar-refractivity contribution is 6.12. The Morgan fingerprint density at radius 2 is 1.47 bits per heavy atom. The van der Waals surface area contributed by atoms with Gasteiger partial charge < -0.3 is 18.5 Å². The number of oxazole rings is 1. The summed E-state index contributed by atoms with van der Waals surface area (Å²) in [5.74, 6) is 1.55. The summed E-state index contributed by atoms with van der Waals surface area (Å²) in [6.07, 6.45) is 5.15. The van der Waals surface area contributed by atoms with E-state index in [4.69, 9.17) is 18.6 Å². The number of hydrogen-bond donors (Lipinski definition) is 0. The molecular formula is C46H32N2O3. The fourth-order valence-electron chi connectivity index (χ4n) is 8.53. The molecule has 6 aromatic carbocycles. The van der Waals surface area contributed by atoms with E-state index in [9.17, 15) is 0 Å². The maximum absolute atomic E-state index is 6.82. The van der Waals surface area contributed by atoms with E-state index >= 15 is 0 Å². The number of anilines is 2. The van der Waals surface area contributed by atoms with E-state index in [1.165, 1.54) is 33.4 Å². The molecule has 1 aliphatic heterocycles. The lowest BCUT2D eigenvalue weighted by molar-refractivity contribution is 0.274. The molecule has 5 nitrogen and oxygen atoms in total. The molecule has 0 radical (unpaired) electrons. The second-order valence-electron chi connectivity index (χ2n) is 14.3. The van der Waals surface area contributed by atoms with Crippen LogP contribution in [0.3, 0.4) is 0 Å². The minimum Gasteiger partial charge on any atom is -0.485 e. The lowest BCUT2D eigenvalue weighted by Gasteiger charge is -2.32. The number of hydrogen-bond acceptors (Lipinski definition) is 5. The molecule has 0 spiro atoms. The second-order valence-corrected chi connectivity index (χ2v) is 14.3. The van der Waals surface area contributed by atoms with Gasteiger partial charge in [-0.15, -0.1) is 0 Å². The monoisotopic (exact) mass is 660 g/mol. The predicted molar refractivity (Wildman–Crippen MR) is 204 cm³/mol. The van der Waals surface area contributed by atoms with E-state index in [0.717, 1.165) is 67.8 Å². The van der Waals surface area contributed by atoms with Gasteiger partial charge in [-0.05, 0) is 70.8 Å². The fraction of sp³-hybridized carbons (Fsp3) is 0.109. The molecule has 244 valence electrons. The molecule has 11 rings (SSSR count). The molecule has 2 aromatic heterocycles. The molecule has 5 heteroatoms. The Balaban J connectivity index is 1.10. The van der Waals surface area contributed by atoms with Gasteiger partial charge in [-0.3, -0.25) is 0 Å². The normalized spacial score (nSPS) is 16.7. The molecule has 0 N–H and O–H groups in total. The van der Waals surface area contributed by atoms with Crippen molar-refractivity contribution in [1.82, 2.24) is 4.98 Å². The molecule has 0 saturated heterocycles. The fourth-order valence-corrected chi connectivity index (χ4v) is 8.53. The van der Waals surface area contributed by atoms with E-state index in [2.05, 4.69) is 116 Å². The zero-order valence-corrected chi connectivity index (χ0v) is 28.2. The molecule has 1 atom stereocenters. The molecular weight excluding hydrogens is 629 g/mol. The van der Waals surface area contributed by atoms with Crippen molar-refractivity contribution in [2.75, 3.05) is 4.90 Å². The summed E-state index contributed by atoms with van der Waals surface area (Å²) >= 11 is 0. The number of benzene rings is 6. The number of aromatic nitrogens is 1. The predicted octanol–water partition coefficient (Wildman–Crippen LogP) is 12.0.